The number of fused-ring (bicyclic) bond motifs is 5. The lowest BCUT2D eigenvalue weighted by Crippen LogP contribution is -1.97. The summed E-state index contributed by atoms with van der Waals surface area (Å²) >= 11 is 1.79. The Morgan fingerprint density at radius 2 is 1.54 bits per heavy atom. The van der Waals surface area contributed by atoms with Crippen LogP contribution in [-0.2, 0) is 0 Å². The third kappa shape index (κ3) is 4.75. The molecule has 0 atom stereocenters. The highest BCUT2D eigenvalue weighted by atomic mass is 32.1. The van der Waals surface area contributed by atoms with Gasteiger partial charge in [0.25, 0.3) is 0 Å². The van der Waals surface area contributed by atoms with Gasteiger partial charge in [-0.3, -0.25) is 4.40 Å². The number of rotatable bonds is 6. The lowest BCUT2D eigenvalue weighted by atomic mass is 10.0. The summed E-state index contributed by atoms with van der Waals surface area (Å²) < 4.78 is 3.47. The first-order chi connectivity index (χ1) is 20.2. The molecule has 0 fully saturated rings. The molecule has 4 aromatic heterocycles. The Kier molecular flexibility index (Phi) is 6.50. The van der Waals surface area contributed by atoms with Gasteiger partial charge >= 0.3 is 0 Å². The maximum absolute atomic E-state index is 4.98. The number of benzene rings is 3. The first-order valence-electron chi connectivity index (χ1n) is 13.9. The van der Waals surface area contributed by atoms with E-state index < -0.39 is 0 Å². The van der Waals surface area contributed by atoms with Crippen molar-refractivity contribution in [2.45, 2.75) is 20.3 Å². The number of hydrogen-bond acceptors (Lipinski definition) is 4. The molecule has 4 nitrogen and oxygen atoms in total. The van der Waals surface area contributed by atoms with Crippen molar-refractivity contribution in [3.05, 3.63) is 127 Å². The van der Waals surface area contributed by atoms with Crippen LogP contribution in [0, 0.1) is 0 Å². The lowest BCUT2D eigenvalue weighted by molar-refractivity contribution is 1.15. The van der Waals surface area contributed by atoms with E-state index in [1.807, 2.05) is 18.2 Å². The van der Waals surface area contributed by atoms with E-state index in [0.717, 1.165) is 62.6 Å². The van der Waals surface area contributed by atoms with Crippen LogP contribution in [-0.4, -0.2) is 19.4 Å². The molecule has 7 aromatic rings. The van der Waals surface area contributed by atoms with Crippen LogP contribution in [0.1, 0.15) is 26.0 Å². The van der Waals surface area contributed by atoms with Crippen molar-refractivity contribution in [1.29, 1.82) is 0 Å². The van der Waals surface area contributed by atoms with E-state index >= 15 is 0 Å². The standard InChI is InChI=1S/C36H28N4S/c1-3-4-6-11-24(2)30-22-31(26-12-7-5-8-13-26)38-35(37-30)27-18-16-25(17-19-27)28-20-21-33-39-34-29-14-9-10-15-32(29)41-36(34)40(33)23-28/h4-23H,3H2,1-2H3/b6-4-,24-11+. The minimum absolute atomic E-state index is 0.720. The molecule has 0 aliphatic carbocycles. The molecule has 0 aliphatic rings. The summed E-state index contributed by atoms with van der Waals surface area (Å²) in [5.74, 6) is 0.720. The van der Waals surface area contributed by atoms with Crippen LogP contribution in [0.25, 0.3) is 65.4 Å². The third-order valence-electron chi connectivity index (χ3n) is 7.32. The summed E-state index contributed by atoms with van der Waals surface area (Å²) in [5, 5.41) is 1.21. The Bertz CT molecular complexity index is 2080. The summed E-state index contributed by atoms with van der Waals surface area (Å²) in [6.45, 7) is 4.24. The molecule has 4 heterocycles. The smallest absolute Gasteiger partial charge is 0.160 e. The second-order valence-electron chi connectivity index (χ2n) is 10.1. The Balaban J connectivity index is 1.27. The normalized spacial score (nSPS) is 12.3. The minimum atomic E-state index is 0.720. The number of imidazole rings is 1. The molecule has 0 bridgehead atoms. The topological polar surface area (TPSA) is 43.1 Å². The van der Waals surface area contributed by atoms with Crippen LogP contribution >= 0.6 is 11.3 Å². The zero-order valence-corrected chi connectivity index (χ0v) is 23.8. The van der Waals surface area contributed by atoms with Gasteiger partial charge < -0.3 is 0 Å². The van der Waals surface area contributed by atoms with Gasteiger partial charge in [0.2, 0.25) is 0 Å². The molecule has 41 heavy (non-hydrogen) atoms. The largest absolute Gasteiger partial charge is 0.290 e. The van der Waals surface area contributed by atoms with Crippen LogP contribution in [0.2, 0.25) is 0 Å². The van der Waals surface area contributed by atoms with E-state index in [1.165, 1.54) is 14.9 Å². The SMILES string of the molecule is CC/C=C\C=C(/C)c1cc(-c2ccccc2)nc(-c2ccc(-c3ccc4nc5c6ccccc6sc5n4c3)cc2)n1. The quantitative estimate of drug-likeness (QED) is 0.194. The van der Waals surface area contributed by atoms with Gasteiger partial charge in [0.15, 0.2) is 5.82 Å². The molecule has 0 unspecified atom stereocenters. The zero-order valence-electron chi connectivity index (χ0n) is 23.0. The number of aromatic nitrogens is 4. The maximum Gasteiger partial charge on any atom is 0.160 e. The molecule has 0 amide bonds. The van der Waals surface area contributed by atoms with Crippen molar-refractivity contribution in [3.63, 3.8) is 0 Å². The Morgan fingerprint density at radius 3 is 2.37 bits per heavy atom. The van der Waals surface area contributed by atoms with Gasteiger partial charge in [-0.1, -0.05) is 97.9 Å². The molecule has 0 aliphatic heterocycles. The number of thiophene rings is 1. The Hall–Kier alpha value is -4.87. The van der Waals surface area contributed by atoms with Crippen molar-refractivity contribution in [3.8, 4) is 33.8 Å². The van der Waals surface area contributed by atoms with Crippen molar-refractivity contribution < 1.29 is 0 Å². The molecule has 0 radical (unpaired) electrons. The highest BCUT2D eigenvalue weighted by Gasteiger charge is 2.13. The van der Waals surface area contributed by atoms with E-state index in [1.54, 1.807) is 11.3 Å². The predicted octanol–water partition coefficient (Wildman–Crippen LogP) is 9.86. The first-order valence-corrected chi connectivity index (χ1v) is 14.7. The number of nitrogens with zero attached hydrogens (tertiary/aromatic N) is 4. The van der Waals surface area contributed by atoms with E-state index in [4.69, 9.17) is 15.0 Å². The molecular weight excluding hydrogens is 520 g/mol. The Morgan fingerprint density at radius 1 is 0.780 bits per heavy atom. The average molecular weight is 549 g/mol. The fourth-order valence-electron chi connectivity index (χ4n) is 5.10. The van der Waals surface area contributed by atoms with Gasteiger partial charge in [-0.05, 0) is 54.3 Å². The molecule has 0 saturated carbocycles. The summed E-state index contributed by atoms with van der Waals surface area (Å²) in [6.07, 6.45) is 9.56. The van der Waals surface area contributed by atoms with Crippen molar-refractivity contribution >= 4 is 43.0 Å². The van der Waals surface area contributed by atoms with Gasteiger partial charge in [0.05, 0.1) is 11.4 Å². The second kappa shape index (κ2) is 10.6. The number of allylic oxidation sites excluding steroid dienone is 4. The highest BCUT2D eigenvalue weighted by molar-refractivity contribution is 7.25. The average Bonchev–Trinajstić information content (AvgIpc) is 3.57. The zero-order chi connectivity index (χ0) is 27.8. The van der Waals surface area contributed by atoms with E-state index in [0.29, 0.717) is 0 Å². The van der Waals surface area contributed by atoms with Crippen LogP contribution in [0.15, 0.2) is 121 Å². The van der Waals surface area contributed by atoms with Crippen molar-refractivity contribution in [2.24, 2.45) is 0 Å². The minimum Gasteiger partial charge on any atom is -0.290 e. The molecule has 3 aromatic carbocycles. The van der Waals surface area contributed by atoms with Crippen molar-refractivity contribution in [1.82, 2.24) is 19.4 Å². The lowest BCUT2D eigenvalue weighted by Gasteiger charge is -2.10. The second-order valence-corrected chi connectivity index (χ2v) is 11.1. The van der Waals surface area contributed by atoms with Crippen LogP contribution in [0.4, 0.5) is 0 Å². The fourth-order valence-corrected chi connectivity index (χ4v) is 6.23. The summed E-state index contributed by atoms with van der Waals surface area (Å²) in [5.41, 5.74) is 9.32. The first kappa shape index (κ1) is 25.1. The van der Waals surface area contributed by atoms with Gasteiger partial charge in [-0.15, -0.1) is 11.3 Å². The van der Waals surface area contributed by atoms with Crippen LogP contribution in [0.3, 0.4) is 0 Å². The van der Waals surface area contributed by atoms with Gasteiger partial charge in [-0.25, -0.2) is 15.0 Å². The summed E-state index contributed by atoms with van der Waals surface area (Å²) in [4.78, 5) is 16.0. The molecule has 0 spiro atoms. The maximum atomic E-state index is 4.98. The van der Waals surface area contributed by atoms with E-state index in [9.17, 15) is 0 Å². The molecule has 198 valence electrons. The van der Waals surface area contributed by atoms with E-state index in [2.05, 4.69) is 122 Å². The molecule has 0 N–H and O–H groups in total. The molecular formula is C36H28N4S. The molecule has 7 rings (SSSR count). The highest BCUT2D eigenvalue weighted by Crippen LogP contribution is 2.35. The summed E-state index contributed by atoms with van der Waals surface area (Å²) in [6, 6.07) is 33.6. The number of pyridine rings is 1. The predicted molar refractivity (Wildman–Crippen MR) is 173 cm³/mol. The number of hydrogen-bond donors (Lipinski definition) is 0. The van der Waals surface area contributed by atoms with Crippen molar-refractivity contribution in [2.75, 3.05) is 0 Å². The fraction of sp³-hybridized carbons (Fsp3) is 0.0833. The van der Waals surface area contributed by atoms with Gasteiger partial charge in [0.1, 0.15) is 16.0 Å². The summed E-state index contributed by atoms with van der Waals surface area (Å²) in [7, 11) is 0. The van der Waals surface area contributed by atoms with Crippen LogP contribution in [0.5, 0.6) is 0 Å². The molecule has 5 heteroatoms. The monoisotopic (exact) mass is 548 g/mol. The Labute approximate surface area is 243 Å². The molecule has 0 saturated heterocycles. The van der Waals surface area contributed by atoms with Crippen LogP contribution < -0.4 is 0 Å². The van der Waals surface area contributed by atoms with Gasteiger partial charge in [-0.2, -0.15) is 0 Å². The van der Waals surface area contributed by atoms with E-state index in [-0.39, 0.29) is 0 Å². The van der Waals surface area contributed by atoms with Gasteiger partial charge in [0, 0.05) is 27.4 Å². The third-order valence-corrected chi connectivity index (χ3v) is 8.48.